The van der Waals surface area contributed by atoms with Crippen molar-refractivity contribution < 1.29 is 9.26 Å². The lowest BCUT2D eigenvalue weighted by molar-refractivity contribution is 0.285. The molecule has 2 aromatic rings. The molecule has 84 valence electrons. The Morgan fingerprint density at radius 1 is 1.31 bits per heavy atom. The molecule has 1 aromatic carbocycles. The Morgan fingerprint density at radius 3 is 2.69 bits per heavy atom. The number of halogens is 1. The van der Waals surface area contributed by atoms with Crippen molar-refractivity contribution in [2.75, 3.05) is 0 Å². The van der Waals surface area contributed by atoms with Crippen LogP contribution < -0.4 is 4.74 Å². The van der Waals surface area contributed by atoms with Crippen molar-refractivity contribution in [2.24, 2.45) is 0 Å². The van der Waals surface area contributed by atoms with Crippen LogP contribution in [-0.2, 0) is 12.5 Å². The first-order chi connectivity index (χ1) is 7.78. The van der Waals surface area contributed by atoms with Gasteiger partial charge in [-0.05, 0) is 19.1 Å². The van der Waals surface area contributed by atoms with Gasteiger partial charge < -0.3 is 9.26 Å². The standard InChI is InChI=1S/C11H11ClN2O2/c1-8-2-4-9(5-3-8)15-7-10-13-11(6-12)16-14-10/h2-5H,6-7H2,1H3. The molecule has 0 saturated heterocycles. The van der Waals surface area contributed by atoms with Crippen LogP contribution in [0.25, 0.3) is 0 Å². The number of nitrogens with zero attached hydrogens (tertiary/aromatic N) is 2. The smallest absolute Gasteiger partial charge is 0.241 e. The summed E-state index contributed by atoms with van der Waals surface area (Å²) in [6.45, 7) is 2.30. The number of aromatic nitrogens is 2. The van der Waals surface area contributed by atoms with Gasteiger partial charge in [-0.1, -0.05) is 22.9 Å². The fraction of sp³-hybridized carbons (Fsp3) is 0.273. The number of ether oxygens (including phenoxy) is 1. The minimum atomic E-state index is 0.220. The topological polar surface area (TPSA) is 48.2 Å². The molecule has 4 nitrogen and oxygen atoms in total. The molecule has 2 rings (SSSR count). The third-order valence-electron chi connectivity index (χ3n) is 2.01. The SMILES string of the molecule is Cc1ccc(OCc2noc(CCl)n2)cc1. The Balaban J connectivity index is 1.94. The second-order valence-electron chi connectivity index (χ2n) is 3.34. The lowest BCUT2D eigenvalue weighted by Gasteiger charge is -2.02. The van der Waals surface area contributed by atoms with Gasteiger partial charge in [0.1, 0.15) is 11.6 Å². The van der Waals surface area contributed by atoms with E-state index in [1.165, 1.54) is 5.56 Å². The predicted octanol–water partition coefficient (Wildman–Crippen LogP) is 2.70. The minimum absolute atomic E-state index is 0.220. The predicted molar refractivity (Wildman–Crippen MR) is 59.4 cm³/mol. The lowest BCUT2D eigenvalue weighted by atomic mass is 10.2. The van der Waals surface area contributed by atoms with Gasteiger partial charge in [0.25, 0.3) is 0 Å². The molecule has 5 heteroatoms. The number of benzene rings is 1. The van der Waals surface area contributed by atoms with Crippen molar-refractivity contribution in [2.45, 2.75) is 19.4 Å². The van der Waals surface area contributed by atoms with Crippen LogP contribution >= 0.6 is 11.6 Å². The van der Waals surface area contributed by atoms with Crippen molar-refractivity contribution in [1.82, 2.24) is 10.1 Å². The maximum atomic E-state index is 5.54. The molecule has 1 heterocycles. The van der Waals surface area contributed by atoms with Gasteiger partial charge in [-0.3, -0.25) is 0 Å². The Hall–Kier alpha value is -1.55. The zero-order chi connectivity index (χ0) is 11.4. The molecule has 0 spiro atoms. The molecule has 0 bridgehead atoms. The molecule has 0 radical (unpaired) electrons. The summed E-state index contributed by atoms with van der Waals surface area (Å²) in [5, 5.41) is 3.72. The van der Waals surface area contributed by atoms with E-state index in [0.717, 1.165) is 5.75 Å². The fourth-order valence-corrected chi connectivity index (χ4v) is 1.29. The first kappa shape index (κ1) is 11.0. The second kappa shape index (κ2) is 4.99. The highest BCUT2D eigenvalue weighted by atomic mass is 35.5. The average Bonchev–Trinajstić information content (AvgIpc) is 2.76. The monoisotopic (exact) mass is 238 g/mol. The van der Waals surface area contributed by atoms with E-state index in [9.17, 15) is 0 Å². The van der Waals surface area contributed by atoms with E-state index in [4.69, 9.17) is 20.9 Å². The summed E-state index contributed by atoms with van der Waals surface area (Å²) in [4.78, 5) is 4.03. The van der Waals surface area contributed by atoms with Gasteiger partial charge in [0.05, 0.1) is 0 Å². The first-order valence-corrected chi connectivity index (χ1v) is 5.38. The van der Waals surface area contributed by atoms with E-state index in [2.05, 4.69) is 10.1 Å². The van der Waals surface area contributed by atoms with Crippen LogP contribution in [0.15, 0.2) is 28.8 Å². The molecule has 0 amide bonds. The highest BCUT2D eigenvalue weighted by Gasteiger charge is 2.05. The third kappa shape index (κ3) is 2.73. The normalized spacial score (nSPS) is 10.4. The molecule has 0 aliphatic heterocycles. The Morgan fingerprint density at radius 2 is 2.06 bits per heavy atom. The quantitative estimate of drug-likeness (QED) is 0.769. The molecule has 0 unspecified atom stereocenters. The number of rotatable bonds is 4. The molecule has 0 aliphatic rings. The molecule has 0 N–H and O–H groups in total. The third-order valence-corrected chi connectivity index (χ3v) is 2.24. The number of hydrogen-bond acceptors (Lipinski definition) is 4. The summed E-state index contributed by atoms with van der Waals surface area (Å²) in [5.41, 5.74) is 1.19. The summed E-state index contributed by atoms with van der Waals surface area (Å²) in [6, 6.07) is 7.77. The van der Waals surface area contributed by atoms with Crippen LogP contribution in [0.2, 0.25) is 0 Å². The molecule has 0 atom stereocenters. The summed E-state index contributed by atoms with van der Waals surface area (Å²) >= 11 is 5.54. The molecule has 1 aromatic heterocycles. The average molecular weight is 239 g/mol. The van der Waals surface area contributed by atoms with Crippen molar-refractivity contribution in [3.05, 3.63) is 41.5 Å². The molecule has 16 heavy (non-hydrogen) atoms. The van der Waals surface area contributed by atoms with E-state index in [-0.39, 0.29) is 12.5 Å². The van der Waals surface area contributed by atoms with Crippen molar-refractivity contribution in [1.29, 1.82) is 0 Å². The van der Waals surface area contributed by atoms with Crippen LogP contribution in [0.3, 0.4) is 0 Å². The van der Waals surface area contributed by atoms with Gasteiger partial charge in [-0.15, -0.1) is 11.6 Å². The highest BCUT2D eigenvalue weighted by Crippen LogP contribution is 2.13. The van der Waals surface area contributed by atoms with Gasteiger partial charge in [0, 0.05) is 0 Å². The summed E-state index contributed by atoms with van der Waals surface area (Å²) in [5.74, 6) is 1.90. The van der Waals surface area contributed by atoms with Crippen LogP contribution in [-0.4, -0.2) is 10.1 Å². The zero-order valence-corrected chi connectivity index (χ0v) is 9.57. The first-order valence-electron chi connectivity index (χ1n) is 4.85. The fourth-order valence-electron chi connectivity index (χ4n) is 1.19. The van der Waals surface area contributed by atoms with Crippen LogP contribution in [0.4, 0.5) is 0 Å². The van der Waals surface area contributed by atoms with Crippen molar-refractivity contribution >= 4 is 11.6 Å². The summed E-state index contributed by atoms with van der Waals surface area (Å²) in [7, 11) is 0. The summed E-state index contributed by atoms with van der Waals surface area (Å²) < 4.78 is 10.3. The Kier molecular flexibility index (Phi) is 3.41. The molecule has 0 saturated carbocycles. The number of aryl methyl sites for hydroxylation is 1. The molecule has 0 fully saturated rings. The van der Waals surface area contributed by atoms with Gasteiger partial charge in [0.2, 0.25) is 11.7 Å². The van der Waals surface area contributed by atoms with Gasteiger partial charge >= 0.3 is 0 Å². The number of hydrogen-bond donors (Lipinski definition) is 0. The van der Waals surface area contributed by atoms with Crippen LogP contribution in [0, 0.1) is 6.92 Å². The Labute approximate surface area is 98.2 Å². The van der Waals surface area contributed by atoms with Gasteiger partial charge in [-0.2, -0.15) is 4.98 Å². The molecular formula is C11H11ClN2O2. The highest BCUT2D eigenvalue weighted by molar-refractivity contribution is 6.16. The second-order valence-corrected chi connectivity index (χ2v) is 3.61. The van der Waals surface area contributed by atoms with Crippen molar-refractivity contribution in [3.8, 4) is 5.75 Å². The van der Waals surface area contributed by atoms with Gasteiger partial charge in [0.15, 0.2) is 6.61 Å². The molecule has 0 aliphatic carbocycles. The van der Waals surface area contributed by atoms with E-state index < -0.39 is 0 Å². The van der Waals surface area contributed by atoms with Crippen molar-refractivity contribution in [3.63, 3.8) is 0 Å². The maximum Gasteiger partial charge on any atom is 0.241 e. The largest absolute Gasteiger partial charge is 0.485 e. The van der Waals surface area contributed by atoms with E-state index in [1.54, 1.807) is 0 Å². The lowest BCUT2D eigenvalue weighted by Crippen LogP contribution is -1.97. The van der Waals surface area contributed by atoms with E-state index in [1.807, 2.05) is 31.2 Å². The molecular weight excluding hydrogens is 228 g/mol. The Bertz CT molecular complexity index is 453. The maximum absolute atomic E-state index is 5.54. The summed E-state index contributed by atoms with van der Waals surface area (Å²) in [6.07, 6.45) is 0. The van der Waals surface area contributed by atoms with E-state index >= 15 is 0 Å². The van der Waals surface area contributed by atoms with Crippen LogP contribution in [0.5, 0.6) is 5.75 Å². The van der Waals surface area contributed by atoms with Gasteiger partial charge in [-0.25, -0.2) is 0 Å². The van der Waals surface area contributed by atoms with Crippen LogP contribution in [0.1, 0.15) is 17.3 Å². The minimum Gasteiger partial charge on any atom is -0.485 e. The zero-order valence-electron chi connectivity index (χ0n) is 8.81. The van der Waals surface area contributed by atoms with E-state index in [0.29, 0.717) is 11.7 Å². The number of alkyl halides is 1.